The van der Waals surface area contributed by atoms with Gasteiger partial charge in [0.05, 0.1) is 17.7 Å². The number of anilines is 1. The molecule has 0 bridgehead atoms. The van der Waals surface area contributed by atoms with Gasteiger partial charge in [-0.15, -0.1) is 0 Å². The van der Waals surface area contributed by atoms with E-state index >= 15 is 0 Å². The van der Waals surface area contributed by atoms with E-state index in [0.717, 1.165) is 28.9 Å². The van der Waals surface area contributed by atoms with Crippen LogP contribution in [0.15, 0.2) is 42.7 Å². The predicted octanol–water partition coefficient (Wildman–Crippen LogP) is 0.670. The quantitative estimate of drug-likeness (QED) is 0.758. The lowest BCUT2D eigenvalue weighted by Crippen LogP contribution is -2.45. The fourth-order valence-electron chi connectivity index (χ4n) is 3.20. The van der Waals surface area contributed by atoms with Crippen molar-refractivity contribution >= 4 is 28.6 Å². The average molecular weight is 356 g/mol. The van der Waals surface area contributed by atoms with E-state index in [2.05, 4.69) is 9.97 Å². The van der Waals surface area contributed by atoms with Gasteiger partial charge < -0.3 is 20.0 Å². The smallest absolute Gasteiger partial charge is 0.328 e. The zero-order chi connectivity index (χ0) is 18.7. The zero-order valence-electron chi connectivity index (χ0n) is 14.4. The monoisotopic (exact) mass is 356 g/mol. The van der Waals surface area contributed by atoms with E-state index in [-0.39, 0.29) is 6.54 Å². The summed E-state index contributed by atoms with van der Waals surface area (Å²) in [7, 11) is 1.54. The summed E-state index contributed by atoms with van der Waals surface area (Å²) >= 11 is 0. The van der Waals surface area contributed by atoms with Crippen molar-refractivity contribution in [2.24, 2.45) is 0 Å². The van der Waals surface area contributed by atoms with Gasteiger partial charge >= 0.3 is 5.97 Å². The minimum atomic E-state index is -1.19. The summed E-state index contributed by atoms with van der Waals surface area (Å²) < 4.78 is 0. The van der Waals surface area contributed by atoms with E-state index in [9.17, 15) is 14.7 Å². The van der Waals surface area contributed by atoms with Gasteiger partial charge in [0.25, 0.3) is 0 Å². The molecular formula is C18H20N4O4. The number of carboxylic acids is 1. The standard InChI is InChI=1S/C18H20N4O4/c1-21(15(23)4-5-16(24)25)11-18(26)7-10-22(12-18)14-6-9-19-13-3-2-8-20-17(13)14/h2-6,8-9,26H,7,10-12H2,1H3,(H,24,25)/b5-4+/t18-/m0/s1. The van der Waals surface area contributed by atoms with E-state index in [0.29, 0.717) is 19.5 Å². The fraction of sp³-hybridized carbons (Fsp3) is 0.333. The third-order valence-electron chi connectivity index (χ3n) is 4.42. The third-order valence-corrected chi connectivity index (χ3v) is 4.42. The summed E-state index contributed by atoms with van der Waals surface area (Å²) in [6.45, 7) is 1.09. The van der Waals surface area contributed by atoms with Crippen LogP contribution in [0.3, 0.4) is 0 Å². The van der Waals surface area contributed by atoms with Crippen LogP contribution >= 0.6 is 0 Å². The molecule has 8 heteroatoms. The van der Waals surface area contributed by atoms with E-state index < -0.39 is 17.5 Å². The number of rotatable bonds is 5. The van der Waals surface area contributed by atoms with Crippen LogP contribution in [0.4, 0.5) is 5.69 Å². The van der Waals surface area contributed by atoms with Crippen molar-refractivity contribution < 1.29 is 19.8 Å². The van der Waals surface area contributed by atoms with Gasteiger partial charge in [0.15, 0.2) is 0 Å². The van der Waals surface area contributed by atoms with Crippen LogP contribution in [-0.4, -0.2) is 69.2 Å². The second-order valence-corrected chi connectivity index (χ2v) is 6.46. The summed E-state index contributed by atoms with van der Waals surface area (Å²) in [6.07, 6.45) is 5.68. The molecule has 0 saturated carbocycles. The molecule has 3 heterocycles. The topological polar surface area (TPSA) is 107 Å². The predicted molar refractivity (Wildman–Crippen MR) is 95.7 cm³/mol. The first-order chi connectivity index (χ1) is 12.4. The summed E-state index contributed by atoms with van der Waals surface area (Å²) in [4.78, 5) is 34.5. The number of carbonyl (C=O) groups excluding carboxylic acids is 1. The molecule has 2 aromatic heterocycles. The van der Waals surface area contributed by atoms with Gasteiger partial charge in [0, 0.05) is 44.7 Å². The lowest BCUT2D eigenvalue weighted by Gasteiger charge is -2.29. The molecule has 0 radical (unpaired) electrons. The van der Waals surface area contributed by atoms with Crippen LogP contribution in [-0.2, 0) is 9.59 Å². The van der Waals surface area contributed by atoms with Gasteiger partial charge in [0.2, 0.25) is 5.91 Å². The summed E-state index contributed by atoms with van der Waals surface area (Å²) in [5.74, 6) is -1.65. The second-order valence-electron chi connectivity index (χ2n) is 6.46. The Kier molecular flexibility index (Phi) is 4.85. The summed E-state index contributed by atoms with van der Waals surface area (Å²) in [5.41, 5.74) is 1.37. The number of fused-ring (bicyclic) bond motifs is 1. The number of amides is 1. The molecule has 1 atom stereocenters. The van der Waals surface area contributed by atoms with Gasteiger partial charge in [-0.1, -0.05) is 0 Å². The van der Waals surface area contributed by atoms with Crippen LogP contribution in [0.25, 0.3) is 11.0 Å². The lowest BCUT2D eigenvalue weighted by molar-refractivity contribution is -0.132. The number of carboxylic acid groups (broad SMARTS) is 1. The SMILES string of the molecule is CN(C[C@@]1(O)CCN(c2ccnc3cccnc23)C1)C(=O)/C=C/C(=O)O. The van der Waals surface area contributed by atoms with Crippen molar-refractivity contribution in [3.63, 3.8) is 0 Å². The molecule has 2 aromatic rings. The first-order valence-corrected chi connectivity index (χ1v) is 8.21. The van der Waals surface area contributed by atoms with Crippen molar-refractivity contribution in [2.75, 3.05) is 31.6 Å². The van der Waals surface area contributed by atoms with E-state index in [4.69, 9.17) is 5.11 Å². The van der Waals surface area contributed by atoms with Crippen molar-refractivity contribution in [2.45, 2.75) is 12.0 Å². The van der Waals surface area contributed by atoms with Crippen molar-refractivity contribution in [3.8, 4) is 0 Å². The number of hydrogen-bond donors (Lipinski definition) is 2. The molecule has 1 fully saturated rings. The Morgan fingerprint density at radius 1 is 1.31 bits per heavy atom. The number of β-amino-alcohol motifs (C(OH)–C–C–N with tert-alkyl or cyclic N) is 1. The molecule has 0 spiro atoms. The molecule has 26 heavy (non-hydrogen) atoms. The van der Waals surface area contributed by atoms with Crippen LogP contribution in [0, 0.1) is 0 Å². The highest BCUT2D eigenvalue weighted by atomic mass is 16.4. The molecule has 1 saturated heterocycles. The van der Waals surface area contributed by atoms with E-state index in [1.165, 1.54) is 4.90 Å². The van der Waals surface area contributed by atoms with Gasteiger partial charge in [-0.25, -0.2) is 4.79 Å². The van der Waals surface area contributed by atoms with Gasteiger partial charge in [-0.05, 0) is 24.6 Å². The Bertz CT molecular complexity index is 864. The number of carbonyl (C=O) groups is 2. The van der Waals surface area contributed by atoms with Crippen LogP contribution in [0.5, 0.6) is 0 Å². The number of aromatic nitrogens is 2. The molecule has 136 valence electrons. The lowest BCUT2D eigenvalue weighted by atomic mass is 10.0. The van der Waals surface area contributed by atoms with Crippen LogP contribution in [0.1, 0.15) is 6.42 Å². The number of aliphatic hydroxyl groups is 1. The molecule has 3 rings (SSSR count). The molecule has 1 aliphatic rings. The van der Waals surface area contributed by atoms with E-state index in [1.807, 2.05) is 23.1 Å². The van der Waals surface area contributed by atoms with Crippen LogP contribution in [0.2, 0.25) is 0 Å². The van der Waals surface area contributed by atoms with E-state index in [1.54, 1.807) is 19.4 Å². The Morgan fingerprint density at radius 2 is 2.12 bits per heavy atom. The van der Waals surface area contributed by atoms with Crippen molar-refractivity contribution in [3.05, 3.63) is 42.7 Å². The first kappa shape index (κ1) is 17.8. The van der Waals surface area contributed by atoms with Gasteiger partial charge in [-0.2, -0.15) is 0 Å². The second kappa shape index (κ2) is 7.09. The molecule has 1 aliphatic heterocycles. The number of hydrogen-bond acceptors (Lipinski definition) is 6. The number of aliphatic carboxylic acids is 1. The number of likely N-dealkylation sites (N-methyl/N-ethyl adjacent to an activating group) is 1. The number of nitrogens with zero attached hydrogens (tertiary/aromatic N) is 4. The fourth-order valence-corrected chi connectivity index (χ4v) is 3.20. The Morgan fingerprint density at radius 3 is 2.88 bits per heavy atom. The van der Waals surface area contributed by atoms with Gasteiger partial charge in [0.1, 0.15) is 11.1 Å². The highest BCUT2D eigenvalue weighted by molar-refractivity contribution is 5.93. The minimum absolute atomic E-state index is 0.114. The van der Waals surface area contributed by atoms with Crippen molar-refractivity contribution in [1.29, 1.82) is 0 Å². The van der Waals surface area contributed by atoms with Gasteiger partial charge in [-0.3, -0.25) is 14.8 Å². The maximum absolute atomic E-state index is 11.9. The zero-order valence-corrected chi connectivity index (χ0v) is 14.4. The molecular weight excluding hydrogens is 336 g/mol. The Hall–Kier alpha value is -3.00. The Labute approximate surface area is 150 Å². The minimum Gasteiger partial charge on any atom is -0.478 e. The van der Waals surface area contributed by atoms with Crippen LogP contribution < -0.4 is 4.90 Å². The maximum Gasteiger partial charge on any atom is 0.328 e. The first-order valence-electron chi connectivity index (χ1n) is 8.21. The molecule has 8 nitrogen and oxygen atoms in total. The normalized spacial score (nSPS) is 20.0. The number of pyridine rings is 2. The Balaban J connectivity index is 1.72. The summed E-state index contributed by atoms with van der Waals surface area (Å²) in [6, 6.07) is 5.57. The third kappa shape index (κ3) is 3.80. The molecule has 1 amide bonds. The highest BCUT2D eigenvalue weighted by Gasteiger charge is 2.38. The largest absolute Gasteiger partial charge is 0.478 e. The maximum atomic E-state index is 11.9. The van der Waals surface area contributed by atoms with Crippen molar-refractivity contribution in [1.82, 2.24) is 14.9 Å². The highest BCUT2D eigenvalue weighted by Crippen LogP contribution is 2.31. The average Bonchev–Trinajstić information content (AvgIpc) is 3.00. The molecule has 0 aromatic carbocycles. The molecule has 2 N–H and O–H groups in total. The summed E-state index contributed by atoms with van der Waals surface area (Å²) in [5, 5.41) is 19.5. The molecule has 0 aliphatic carbocycles. The molecule has 0 unspecified atom stereocenters.